The maximum Gasteiger partial charge on any atom is 0.189 e. The van der Waals surface area contributed by atoms with Gasteiger partial charge in [-0.1, -0.05) is 43.6 Å². The Hall–Kier alpha value is -1.35. The number of benzene rings is 1. The molecule has 4 heteroatoms. The maximum atomic E-state index is 9.02. The molecule has 0 fully saturated rings. The SMILES string of the molecule is CC.N/C(O)=c1/cccc/c1=C(/N)Cl. The van der Waals surface area contributed by atoms with Crippen molar-refractivity contribution < 1.29 is 5.11 Å². The summed E-state index contributed by atoms with van der Waals surface area (Å²) >= 11 is 5.57. The van der Waals surface area contributed by atoms with Gasteiger partial charge in [0.2, 0.25) is 0 Å². The standard InChI is InChI=1S/C8H9ClN2O.C2H6/c9-7(10)5-3-1-2-4-6(5)8(11)12;1-2/h1-4,12H,10-11H2;1-2H3/b7-5-,8-6+;. The van der Waals surface area contributed by atoms with E-state index in [9.17, 15) is 0 Å². The van der Waals surface area contributed by atoms with E-state index in [0.29, 0.717) is 10.4 Å². The van der Waals surface area contributed by atoms with Crippen molar-refractivity contribution in [3.63, 3.8) is 0 Å². The number of rotatable bonds is 0. The van der Waals surface area contributed by atoms with Crippen molar-refractivity contribution in [2.75, 3.05) is 0 Å². The zero-order chi connectivity index (χ0) is 11.1. The third-order valence-corrected chi connectivity index (χ3v) is 1.66. The summed E-state index contributed by atoms with van der Waals surface area (Å²) in [6.07, 6.45) is 0. The second kappa shape index (κ2) is 6.16. The fourth-order valence-corrected chi connectivity index (χ4v) is 1.08. The molecule has 0 saturated heterocycles. The van der Waals surface area contributed by atoms with Crippen LogP contribution in [0, 0.1) is 0 Å². The van der Waals surface area contributed by atoms with E-state index in [1.165, 1.54) is 0 Å². The minimum absolute atomic E-state index is 0.114. The Bertz CT molecular complexity index is 354. The quantitative estimate of drug-likeness (QED) is 0.553. The molecule has 0 aliphatic heterocycles. The lowest BCUT2D eigenvalue weighted by Crippen LogP contribution is -2.32. The van der Waals surface area contributed by atoms with Crippen LogP contribution >= 0.6 is 11.6 Å². The van der Waals surface area contributed by atoms with Crippen LogP contribution in [0.2, 0.25) is 0 Å². The number of nitrogens with two attached hydrogens (primary N) is 2. The van der Waals surface area contributed by atoms with Gasteiger partial charge in [0.05, 0.1) is 0 Å². The highest BCUT2D eigenvalue weighted by Crippen LogP contribution is 1.84. The van der Waals surface area contributed by atoms with Crippen molar-refractivity contribution in [3.8, 4) is 0 Å². The molecule has 0 aliphatic carbocycles. The summed E-state index contributed by atoms with van der Waals surface area (Å²) in [6.45, 7) is 4.00. The van der Waals surface area contributed by atoms with Crippen LogP contribution in [0.1, 0.15) is 13.8 Å². The predicted molar refractivity (Wildman–Crippen MR) is 60.7 cm³/mol. The molecule has 0 amide bonds. The monoisotopic (exact) mass is 214 g/mol. The van der Waals surface area contributed by atoms with Gasteiger partial charge in [0.15, 0.2) is 5.88 Å². The minimum Gasteiger partial charge on any atom is -0.495 e. The van der Waals surface area contributed by atoms with Crippen molar-refractivity contribution in [2.45, 2.75) is 13.8 Å². The molecule has 0 bridgehead atoms. The van der Waals surface area contributed by atoms with Gasteiger partial charge in [-0.05, 0) is 6.07 Å². The van der Waals surface area contributed by atoms with Gasteiger partial charge in [-0.3, -0.25) is 0 Å². The molecule has 0 spiro atoms. The van der Waals surface area contributed by atoms with Gasteiger partial charge in [0.1, 0.15) is 5.16 Å². The van der Waals surface area contributed by atoms with Crippen molar-refractivity contribution in [1.29, 1.82) is 0 Å². The van der Waals surface area contributed by atoms with Crippen molar-refractivity contribution in [2.24, 2.45) is 11.5 Å². The summed E-state index contributed by atoms with van der Waals surface area (Å²) in [7, 11) is 0. The van der Waals surface area contributed by atoms with Gasteiger partial charge >= 0.3 is 0 Å². The number of halogens is 1. The Balaban J connectivity index is 0.000000791. The molecule has 1 rings (SSSR count). The van der Waals surface area contributed by atoms with Crippen LogP contribution in [0.4, 0.5) is 0 Å². The highest BCUT2D eigenvalue weighted by atomic mass is 35.5. The molecule has 1 aromatic carbocycles. The van der Waals surface area contributed by atoms with Crippen LogP contribution in [-0.2, 0) is 0 Å². The predicted octanol–water partition coefficient (Wildman–Crippen LogP) is 0.558. The van der Waals surface area contributed by atoms with E-state index < -0.39 is 0 Å². The summed E-state index contributed by atoms with van der Waals surface area (Å²) in [5, 5.41) is 10.1. The van der Waals surface area contributed by atoms with Gasteiger partial charge < -0.3 is 16.6 Å². The summed E-state index contributed by atoms with van der Waals surface area (Å²) in [6, 6.07) is 6.82. The molecule has 78 valence electrons. The second-order valence-electron chi connectivity index (χ2n) is 2.28. The first kappa shape index (κ1) is 12.7. The molecular formula is C10H15ClN2O. The number of aliphatic hydroxyl groups excluding tert-OH is 1. The summed E-state index contributed by atoms with van der Waals surface area (Å²) in [5.74, 6) is -0.283. The lowest BCUT2D eigenvalue weighted by molar-refractivity contribution is 0.492. The molecule has 3 nitrogen and oxygen atoms in total. The van der Waals surface area contributed by atoms with E-state index in [0.717, 1.165) is 0 Å². The number of hydrogen-bond acceptors (Lipinski definition) is 3. The highest BCUT2D eigenvalue weighted by Gasteiger charge is 1.92. The molecule has 0 saturated carbocycles. The highest BCUT2D eigenvalue weighted by molar-refractivity contribution is 6.44. The smallest absolute Gasteiger partial charge is 0.189 e. The fourth-order valence-electron chi connectivity index (χ4n) is 0.915. The van der Waals surface area contributed by atoms with Crippen LogP contribution in [0.5, 0.6) is 0 Å². The third-order valence-electron chi connectivity index (χ3n) is 1.46. The molecular weight excluding hydrogens is 200 g/mol. The Labute approximate surface area is 88.3 Å². The molecule has 0 unspecified atom stereocenters. The molecule has 0 heterocycles. The van der Waals surface area contributed by atoms with Gasteiger partial charge in [0.25, 0.3) is 0 Å². The first-order valence-electron chi connectivity index (χ1n) is 4.32. The van der Waals surface area contributed by atoms with Crippen LogP contribution < -0.4 is 21.9 Å². The average molecular weight is 215 g/mol. The minimum atomic E-state index is -0.283. The molecule has 0 radical (unpaired) electrons. The number of aliphatic hydroxyl groups is 1. The maximum absolute atomic E-state index is 9.02. The van der Waals surface area contributed by atoms with Crippen LogP contribution in [0.15, 0.2) is 24.3 Å². The zero-order valence-corrected chi connectivity index (χ0v) is 9.05. The van der Waals surface area contributed by atoms with Gasteiger partial charge in [-0.2, -0.15) is 0 Å². The Morgan fingerprint density at radius 3 is 1.86 bits per heavy atom. The molecule has 1 aromatic rings. The van der Waals surface area contributed by atoms with Crippen molar-refractivity contribution in [3.05, 3.63) is 34.7 Å². The molecule has 5 N–H and O–H groups in total. The van der Waals surface area contributed by atoms with Crippen LogP contribution in [-0.4, -0.2) is 5.11 Å². The lowest BCUT2D eigenvalue weighted by Gasteiger charge is -1.93. The average Bonchev–Trinajstić information content (AvgIpc) is 2.20. The van der Waals surface area contributed by atoms with Gasteiger partial charge in [-0.15, -0.1) is 0 Å². The van der Waals surface area contributed by atoms with E-state index in [1.54, 1.807) is 24.3 Å². The second-order valence-corrected chi connectivity index (χ2v) is 2.69. The van der Waals surface area contributed by atoms with E-state index in [2.05, 4.69) is 0 Å². The first-order valence-corrected chi connectivity index (χ1v) is 4.70. The Kier molecular flexibility index (Phi) is 5.56. The fraction of sp³-hybridized carbons (Fsp3) is 0.200. The first-order chi connectivity index (χ1) is 6.63. The molecule has 0 atom stereocenters. The van der Waals surface area contributed by atoms with E-state index >= 15 is 0 Å². The number of hydrogen-bond donors (Lipinski definition) is 3. The van der Waals surface area contributed by atoms with Crippen molar-refractivity contribution >= 4 is 22.6 Å². The van der Waals surface area contributed by atoms with Crippen LogP contribution in [0.3, 0.4) is 0 Å². The third kappa shape index (κ3) is 3.18. The largest absolute Gasteiger partial charge is 0.495 e. The Morgan fingerprint density at radius 1 is 1.14 bits per heavy atom. The van der Waals surface area contributed by atoms with Gasteiger partial charge in [-0.25, -0.2) is 0 Å². The summed E-state index contributed by atoms with van der Waals surface area (Å²) < 4.78 is 0. The normalized spacial score (nSPS) is 13.6. The summed E-state index contributed by atoms with van der Waals surface area (Å²) in [4.78, 5) is 0. The van der Waals surface area contributed by atoms with E-state index in [4.69, 9.17) is 28.2 Å². The summed E-state index contributed by atoms with van der Waals surface area (Å²) in [5.41, 5.74) is 10.6. The Morgan fingerprint density at radius 2 is 1.57 bits per heavy atom. The van der Waals surface area contributed by atoms with E-state index in [1.807, 2.05) is 13.8 Å². The van der Waals surface area contributed by atoms with E-state index in [-0.39, 0.29) is 11.0 Å². The molecule has 0 aromatic heterocycles. The van der Waals surface area contributed by atoms with Crippen LogP contribution in [0.25, 0.3) is 11.0 Å². The zero-order valence-electron chi connectivity index (χ0n) is 8.29. The topological polar surface area (TPSA) is 72.3 Å². The van der Waals surface area contributed by atoms with Crippen molar-refractivity contribution in [1.82, 2.24) is 0 Å². The molecule has 14 heavy (non-hydrogen) atoms. The molecule has 0 aliphatic rings. The van der Waals surface area contributed by atoms with Gasteiger partial charge in [0, 0.05) is 10.4 Å². The lowest BCUT2D eigenvalue weighted by atomic mass is 10.2.